The largest absolute Gasteiger partial charge is 0.460 e. The second-order valence-corrected chi connectivity index (χ2v) is 8.03. The molecule has 0 saturated carbocycles. The molecule has 1 saturated heterocycles. The van der Waals surface area contributed by atoms with Crippen LogP contribution >= 0.6 is 0 Å². The summed E-state index contributed by atoms with van der Waals surface area (Å²) in [5.74, 6) is -0.214. The maximum atomic E-state index is 12.8. The Balaban J connectivity index is 1.83. The van der Waals surface area contributed by atoms with Crippen LogP contribution in [-0.2, 0) is 27.7 Å². The Bertz CT molecular complexity index is 868. The molecular formula is C20H29N3O4. The molecule has 1 N–H and O–H groups in total. The molecule has 1 aromatic carbocycles. The van der Waals surface area contributed by atoms with Crippen LogP contribution in [0.5, 0.6) is 0 Å². The van der Waals surface area contributed by atoms with Crippen molar-refractivity contribution in [1.29, 1.82) is 0 Å². The zero-order chi connectivity index (χ0) is 19.6. The molecule has 0 radical (unpaired) electrons. The summed E-state index contributed by atoms with van der Waals surface area (Å²) in [5, 5.41) is 3.19. The summed E-state index contributed by atoms with van der Waals surface area (Å²) >= 11 is 0. The average Bonchev–Trinajstić information content (AvgIpc) is 2.78. The van der Waals surface area contributed by atoms with E-state index in [0.29, 0.717) is 19.6 Å². The molecular weight excluding hydrogens is 346 g/mol. The molecule has 2 aromatic rings. The van der Waals surface area contributed by atoms with Crippen molar-refractivity contribution in [3.63, 3.8) is 0 Å². The zero-order valence-electron chi connectivity index (χ0n) is 16.6. The molecule has 1 aromatic heterocycles. The first kappa shape index (κ1) is 19.6. The van der Waals surface area contributed by atoms with E-state index in [1.165, 1.54) is 0 Å². The molecule has 7 heteroatoms. The van der Waals surface area contributed by atoms with Crippen LogP contribution in [0.1, 0.15) is 51.8 Å². The summed E-state index contributed by atoms with van der Waals surface area (Å²) in [6.07, 6.45) is 2.39. The Labute approximate surface area is 159 Å². The fraction of sp³-hybridized carbons (Fsp3) is 0.600. The molecule has 1 fully saturated rings. The minimum atomic E-state index is -0.476. The van der Waals surface area contributed by atoms with Crippen LogP contribution in [0.25, 0.3) is 11.0 Å². The molecule has 7 nitrogen and oxygen atoms in total. The number of esters is 1. The van der Waals surface area contributed by atoms with E-state index in [1.54, 1.807) is 16.2 Å². The molecule has 2 heterocycles. The van der Waals surface area contributed by atoms with Crippen LogP contribution in [0.2, 0.25) is 0 Å². The molecule has 3 rings (SSSR count). The average molecular weight is 375 g/mol. The van der Waals surface area contributed by atoms with E-state index < -0.39 is 5.60 Å². The maximum absolute atomic E-state index is 12.8. The van der Waals surface area contributed by atoms with Crippen molar-refractivity contribution in [2.75, 3.05) is 13.3 Å². The number of benzene rings is 1. The van der Waals surface area contributed by atoms with Gasteiger partial charge in [0.15, 0.2) is 0 Å². The van der Waals surface area contributed by atoms with E-state index in [-0.39, 0.29) is 17.9 Å². The van der Waals surface area contributed by atoms with Gasteiger partial charge in [-0.15, -0.1) is 0 Å². The number of carbonyl (C=O) groups excluding carboxylic acids is 1. The fourth-order valence-electron chi connectivity index (χ4n) is 3.40. The quantitative estimate of drug-likeness (QED) is 0.831. The van der Waals surface area contributed by atoms with Gasteiger partial charge in [-0.2, -0.15) is 0 Å². The summed E-state index contributed by atoms with van der Waals surface area (Å²) in [5.41, 5.74) is 2.15. The number of hydrogen-bond donors (Lipinski definition) is 1. The molecule has 0 spiro atoms. The molecule has 0 aliphatic carbocycles. The molecule has 1 unspecified atom stereocenters. The first-order chi connectivity index (χ1) is 12.8. The van der Waals surface area contributed by atoms with Crippen LogP contribution in [-0.4, -0.2) is 34.0 Å². The van der Waals surface area contributed by atoms with E-state index in [0.717, 1.165) is 36.0 Å². The van der Waals surface area contributed by atoms with Gasteiger partial charge in [0.05, 0.1) is 17.8 Å². The topological polar surface area (TPSA) is 74.5 Å². The van der Waals surface area contributed by atoms with Gasteiger partial charge in [0, 0.05) is 13.5 Å². The fourth-order valence-corrected chi connectivity index (χ4v) is 3.40. The first-order valence-corrected chi connectivity index (χ1v) is 9.50. The monoisotopic (exact) mass is 375 g/mol. The van der Waals surface area contributed by atoms with Gasteiger partial charge < -0.3 is 9.47 Å². The van der Waals surface area contributed by atoms with E-state index in [9.17, 15) is 9.59 Å². The standard InChI is InChI=1S/C20H29N3O4/c1-20(2,3)27-18(24)10-8-14-7-9-15-16(12-14)22(4)19(25)23(15)17-6-5-11-21-13-26-17/h7,9,12,17,21H,5-6,8,10-11,13H2,1-4H3. The lowest BCUT2D eigenvalue weighted by atomic mass is 10.1. The zero-order valence-corrected chi connectivity index (χ0v) is 16.6. The van der Waals surface area contributed by atoms with Gasteiger partial charge in [0.25, 0.3) is 0 Å². The predicted octanol–water partition coefficient (Wildman–Crippen LogP) is 2.47. The SMILES string of the molecule is Cn1c(=O)n(C2CCCNCO2)c2ccc(CCC(=O)OC(C)(C)C)cc21. The molecule has 27 heavy (non-hydrogen) atoms. The van der Waals surface area contributed by atoms with Crippen LogP contribution in [0.15, 0.2) is 23.0 Å². The minimum absolute atomic E-state index is 0.0822. The number of ether oxygens (including phenoxy) is 2. The lowest BCUT2D eigenvalue weighted by Crippen LogP contribution is -2.28. The number of aromatic nitrogens is 2. The van der Waals surface area contributed by atoms with Gasteiger partial charge in [0.1, 0.15) is 11.8 Å². The number of imidazole rings is 1. The van der Waals surface area contributed by atoms with Crippen molar-refractivity contribution in [3.8, 4) is 0 Å². The van der Waals surface area contributed by atoms with Gasteiger partial charge in [0.2, 0.25) is 0 Å². The van der Waals surface area contributed by atoms with Gasteiger partial charge in [-0.05, 0) is 64.3 Å². The second-order valence-electron chi connectivity index (χ2n) is 8.03. The Morgan fingerprint density at radius 2 is 2.11 bits per heavy atom. The molecule has 1 aliphatic heterocycles. The van der Waals surface area contributed by atoms with Crippen molar-refractivity contribution in [2.45, 2.75) is 58.3 Å². The van der Waals surface area contributed by atoms with Gasteiger partial charge in [-0.1, -0.05) is 6.07 Å². The minimum Gasteiger partial charge on any atom is -0.460 e. The number of nitrogens with zero attached hydrogens (tertiary/aromatic N) is 2. The Hall–Kier alpha value is -2.12. The van der Waals surface area contributed by atoms with E-state index in [4.69, 9.17) is 9.47 Å². The number of hydrogen-bond acceptors (Lipinski definition) is 5. The van der Waals surface area contributed by atoms with Crippen molar-refractivity contribution in [1.82, 2.24) is 14.5 Å². The number of fused-ring (bicyclic) bond motifs is 1. The smallest absolute Gasteiger partial charge is 0.330 e. The second kappa shape index (κ2) is 7.86. The Morgan fingerprint density at radius 1 is 1.33 bits per heavy atom. The first-order valence-electron chi connectivity index (χ1n) is 9.50. The highest BCUT2D eigenvalue weighted by molar-refractivity contribution is 5.77. The van der Waals surface area contributed by atoms with Gasteiger partial charge in [-0.25, -0.2) is 4.79 Å². The Kier molecular flexibility index (Phi) is 5.72. The third-order valence-corrected chi connectivity index (χ3v) is 4.66. The van der Waals surface area contributed by atoms with Crippen LogP contribution in [0.4, 0.5) is 0 Å². The maximum Gasteiger partial charge on any atom is 0.330 e. The summed E-state index contributed by atoms with van der Waals surface area (Å²) in [4.78, 5) is 24.7. The molecule has 0 amide bonds. The summed E-state index contributed by atoms with van der Waals surface area (Å²) < 4.78 is 14.6. The summed E-state index contributed by atoms with van der Waals surface area (Å²) in [6, 6.07) is 5.90. The number of aryl methyl sites for hydroxylation is 2. The van der Waals surface area contributed by atoms with Gasteiger partial charge >= 0.3 is 11.7 Å². The highest BCUT2D eigenvalue weighted by Crippen LogP contribution is 2.23. The molecule has 1 aliphatic rings. The van der Waals surface area contributed by atoms with Crippen LogP contribution < -0.4 is 11.0 Å². The lowest BCUT2D eigenvalue weighted by molar-refractivity contribution is -0.154. The number of rotatable bonds is 4. The predicted molar refractivity (Wildman–Crippen MR) is 104 cm³/mol. The number of carbonyl (C=O) groups is 1. The molecule has 1 atom stereocenters. The third-order valence-electron chi connectivity index (χ3n) is 4.66. The van der Waals surface area contributed by atoms with Crippen molar-refractivity contribution < 1.29 is 14.3 Å². The van der Waals surface area contributed by atoms with Crippen molar-refractivity contribution in [3.05, 3.63) is 34.2 Å². The Morgan fingerprint density at radius 3 is 2.85 bits per heavy atom. The van der Waals surface area contributed by atoms with Gasteiger partial charge in [-0.3, -0.25) is 19.2 Å². The van der Waals surface area contributed by atoms with Crippen LogP contribution in [0, 0.1) is 0 Å². The van der Waals surface area contributed by atoms with Crippen LogP contribution in [0.3, 0.4) is 0 Å². The van der Waals surface area contributed by atoms with E-state index in [2.05, 4.69) is 5.32 Å². The van der Waals surface area contributed by atoms with E-state index in [1.807, 2.05) is 39.0 Å². The third kappa shape index (κ3) is 4.59. The number of nitrogens with one attached hydrogen (secondary N) is 1. The van der Waals surface area contributed by atoms with Crippen molar-refractivity contribution >= 4 is 17.0 Å². The van der Waals surface area contributed by atoms with Crippen molar-refractivity contribution in [2.24, 2.45) is 7.05 Å². The summed E-state index contributed by atoms with van der Waals surface area (Å²) in [6.45, 7) is 6.92. The molecule has 148 valence electrons. The molecule has 0 bridgehead atoms. The van der Waals surface area contributed by atoms with E-state index >= 15 is 0 Å². The highest BCUT2D eigenvalue weighted by atomic mass is 16.6. The highest BCUT2D eigenvalue weighted by Gasteiger charge is 2.21. The lowest BCUT2D eigenvalue weighted by Gasteiger charge is -2.19. The normalized spacial score (nSPS) is 18.4. The summed E-state index contributed by atoms with van der Waals surface area (Å²) in [7, 11) is 1.77.